The summed E-state index contributed by atoms with van der Waals surface area (Å²) < 4.78 is 10.9. The summed E-state index contributed by atoms with van der Waals surface area (Å²) >= 11 is 0. The quantitative estimate of drug-likeness (QED) is 0.573. The average Bonchev–Trinajstić information content (AvgIpc) is 3.16. The van der Waals surface area contributed by atoms with E-state index in [4.69, 9.17) is 9.47 Å². The number of hydrogen-bond donors (Lipinski definition) is 2. The second kappa shape index (κ2) is 10.7. The fourth-order valence-electron chi connectivity index (χ4n) is 4.53. The summed E-state index contributed by atoms with van der Waals surface area (Å²) in [5, 5.41) is 12.8. The molecule has 5 atom stereocenters. The standard InChI is InChI=1S/C23H32N2O6/c1-3-30-23(29)17(12-11-16-8-5-4-6-9-16)24-15(2)21(26)25-18-10-7-13-31-20(18)14-19(25)22(27)28/h4-6,8-9,15,17-20,24H,3,7,10-14H2,1-2H3,(H,27,28)/t15-,17?,18?,19?,20?/m0/s1. The number of benzene rings is 1. The van der Waals surface area contributed by atoms with Gasteiger partial charge < -0.3 is 19.5 Å². The first-order chi connectivity index (χ1) is 14.9. The van der Waals surface area contributed by atoms with E-state index in [0.29, 0.717) is 25.9 Å². The molecule has 8 nitrogen and oxygen atoms in total. The Hall–Kier alpha value is -2.45. The number of rotatable bonds is 9. The lowest BCUT2D eigenvalue weighted by atomic mass is 10.0. The van der Waals surface area contributed by atoms with Crippen molar-refractivity contribution in [2.24, 2.45) is 0 Å². The predicted molar refractivity (Wildman–Crippen MR) is 113 cm³/mol. The number of carbonyl (C=O) groups excluding carboxylic acids is 2. The van der Waals surface area contributed by atoms with Crippen molar-refractivity contribution in [3.05, 3.63) is 35.9 Å². The van der Waals surface area contributed by atoms with E-state index < -0.39 is 30.1 Å². The Morgan fingerprint density at radius 2 is 2.03 bits per heavy atom. The van der Waals surface area contributed by atoms with Gasteiger partial charge in [0.25, 0.3) is 0 Å². The third kappa shape index (κ3) is 5.62. The van der Waals surface area contributed by atoms with Crippen LogP contribution in [0, 0.1) is 0 Å². The molecule has 3 rings (SSSR count). The van der Waals surface area contributed by atoms with Gasteiger partial charge in [-0.25, -0.2) is 4.79 Å². The first-order valence-corrected chi connectivity index (χ1v) is 11.1. The smallest absolute Gasteiger partial charge is 0.326 e. The highest BCUT2D eigenvalue weighted by atomic mass is 16.5. The summed E-state index contributed by atoms with van der Waals surface area (Å²) in [6.07, 6.45) is 2.69. The molecule has 2 aliphatic heterocycles. The Morgan fingerprint density at radius 3 is 2.71 bits per heavy atom. The average molecular weight is 433 g/mol. The van der Waals surface area contributed by atoms with Crippen LogP contribution in [0.4, 0.5) is 0 Å². The van der Waals surface area contributed by atoms with Crippen LogP contribution in [-0.2, 0) is 30.3 Å². The molecule has 0 spiro atoms. The van der Waals surface area contributed by atoms with Crippen molar-refractivity contribution in [2.45, 2.75) is 76.2 Å². The van der Waals surface area contributed by atoms with Crippen LogP contribution in [-0.4, -0.2) is 71.3 Å². The van der Waals surface area contributed by atoms with Crippen molar-refractivity contribution in [3.8, 4) is 0 Å². The van der Waals surface area contributed by atoms with Crippen molar-refractivity contribution in [1.82, 2.24) is 10.2 Å². The Morgan fingerprint density at radius 1 is 1.29 bits per heavy atom. The van der Waals surface area contributed by atoms with Crippen molar-refractivity contribution < 1.29 is 29.0 Å². The SMILES string of the molecule is CCOC(=O)C(CCc1ccccc1)N[C@@H](C)C(=O)N1C(C(=O)O)CC2OCCCC21. The summed E-state index contributed by atoms with van der Waals surface area (Å²) in [6, 6.07) is 7.25. The van der Waals surface area contributed by atoms with Crippen molar-refractivity contribution in [3.63, 3.8) is 0 Å². The fraction of sp³-hybridized carbons (Fsp3) is 0.609. The van der Waals surface area contributed by atoms with Gasteiger partial charge in [-0.15, -0.1) is 0 Å². The van der Waals surface area contributed by atoms with Crippen LogP contribution in [0.5, 0.6) is 0 Å². The van der Waals surface area contributed by atoms with Gasteiger partial charge >= 0.3 is 11.9 Å². The maximum absolute atomic E-state index is 13.3. The lowest BCUT2D eigenvalue weighted by Gasteiger charge is -2.35. The third-order valence-corrected chi connectivity index (χ3v) is 6.05. The van der Waals surface area contributed by atoms with Crippen LogP contribution in [0.2, 0.25) is 0 Å². The maximum atomic E-state index is 13.3. The highest BCUT2D eigenvalue weighted by Gasteiger charge is 2.49. The minimum absolute atomic E-state index is 0.239. The first kappa shape index (κ1) is 23.2. The van der Waals surface area contributed by atoms with Crippen molar-refractivity contribution in [2.75, 3.05) is 13.2 Å². The molecule has 2 N–H and O–H groups in total. The molecule has 8 heteroatoms. The van der Waals surface area contributed by atoms with Crippen LogP contribution in [0.15, 0.2) is 30.3 Å². The molecule has 31 heavy (non-hydrogen) atoms. The van der Waals surface area contributed by atoms with E-state index in [2.05, 4.69) is 5.32 Å². The lowest BCUT2D eigenvalue weighted by Crippen LogP contribution is -2.56. The van der Waals surface area contributed by atoms with Crippen LogP contribution < -0.4 is 5.32 Å². The van der Waals surface area contributed by atoms with E-state index in [1.54, 1.807) is 13.8 Å². The van der Waals surface area contributed by atoms with E-state index >= 15 is 0 Å². The molecule has 0 aliphatic carbocycles. The molecule has 170 valence electrons. The fourth-order valence-corrected chi connectivity index (χ4v) is 4.53. The molecule has 1 aromatic carbocycles. The summed E-state index contributed by atoms with van der Waals surface area (Å²) in [7, 11) is 0. The van der Waals surface area contributed by atoms with E-state index in [9.17, 15) is 19.5 Å². The molecule has 2 heterocycles. The number of fused-ring (bicyclic) bond motifs is 1. The molecule has 1 aromatic rings. The molecule has 0 aromatic heterocycles. The van der Waals surface area contributed by atoms with Crippen LogP contribution in [0.25, 0.3) is 0 Å². The molecule has 0 radical (unpaired) electrons. The second-order valence-corrected chi connectivity index (χ2v) is 8.17. The Balaban J connectivity index is 1.70. The third-order valence-electron chi connectivity index (χ3n) is 6.05. The number of esters is 1. The normalized spacial score (nSPS) is 24.8. The van der Waals surface area contributed by atoms with E-state index in [0.717, 1.165) is 18.4 Å². The molecule has 2 fully saturated rings. The van der Waals surface area contributed by atoms with E-state index in [1.165, 1.54) is 4.90 Å². The van der Waals surface area contributed by atoms with Gasteiger partial charge in [0.05, 0.1) is 24.8 Å². The zero-order chi connectivity index (χ0) is 22.4. The Bertz CT molecular complexity index is 771. The lowest BCUT2D eigenvalue weighted by molar-refractivity contribution is -0.152. The zero-order valence-electron chi connectivity index (χ0n) is 18.2. The number of carboxylic acids is 1. The summed E-state index contributed by atoms with van der Waals surface area (Å²) in [6.45, 7) is 4.26. The van der Waals surface area contributed by atoms with Gasteiger partial charge in [0.2, 0.25) is 5.91 Å². The number of aryl methyl sites for hydroxylation is 1. The molecule has 4 unspecified atom stereocenters. The summed E-state index contributed by atoms with van der Waals surface area (Å²) in [4.78, 5) is 39.1. The Labute approximate surface area is 182 Å². The van der Waals surface area contributed by atoms with Gasteiger partial charge in [0.1, 0.15) is 12.1 Å². The van der Waals surface area contributed by atoms with Gasteiger partial charge in [-0.2, -0.15) is 0 Å². The summed E-state index contributed by atoms with van der Waals surface area (Å²) in [5.74, 6) is -1.75. The molecule has 2 aliphatic rings. The molecule has 1 amide bonds. The summed E-state index contributed by atoms with van der Waals surface area (Å²) in [5.41, 5.74) is 1.09. The second-order valence-electron chi connectivity index (χ2n) is 8.17. The molecule has 0 bridgehead atoms. The van der Waals surface area contributed by atoms with Gasteiger partial charge in [-0.05, 0) is 45.1 Å². The van der Waals surface area contributed by atoms with Crippen LogP contribution >= 0.6 is 0 Å². The largest absolute Gasteiger partial charge is 0.480 e. The highest BCUT2D eigenvalue weighted by Crippen LogP contribution is 2.33. The number of aliphatic carboxylic acids is 1. The molecule has 0 saturated carbocycles. The molecular weight excluding hydrogens is 400 g/mol. The number of ether oxygens (including phenoxy) is 2. The number of carbonyl (C=O) groups is 3. The van der Waals surface area contributed by atoms with Gasteiger partial charge in [0.15, 0.2) is 0 Å². The number of likely N-dealkylation sites (tertiary alicyclic amines) is 1. The van der Waals surface area contributed by atoms with E-state index in [1.807, 2.05) is 30.3 Å². The topological polar surface area (TPSA) is 105 Å². The zero-order valence-corrected chi connectivity index (χ0v) is 18.2. The Kier molecular flexibility index (Phi) is 8.03. The number of carboxylic acid groups (broad SMARTS) is 1. The number of amides is 1. The van der Waals surface area contributed by atoms with Gasteiger partial charge in [-0.1, -0.05) is 30.3 Å². The number of nitrogens with zero attached hydrogens (tertiary/aromatic N) is 1. The minimum Gasteiger partial charge on any atom is -0.480 e. The van der Waals surface area contributed by atoms with Crippen molar-refractivity contribution in [1.29, 1.82) is 0 Å². The van der Waals surface area contributed by atoms with Gasteiger partial charge in [0, 0.05) is 13.0 Å². The predicted octanol–water partition coefficient (Wildman–Crippen LogP) is 1.76. The molecule has 2 saturated heterocycles. The number of nitrogens with one attached hydrogen (secondary N) is 1. The van der Waals surface area contributed by atoms with Crippen LogP contribution in [0.1, 0.15) is 45.1 Å². The van der Waals surface area contributed by atoms with Gasteiger partial charge in [-0.3, -0.25) is 14.9 Å². The number of hydrogen-bond acceptors (Lipinski definition) is 6. The first-order valence-electron chi connectivity index (χ1n) is 11.1. The maximum Gasteiger partial charge on any atom is 0.326 e. The van der Waals surface area contributed by atoms with Crippen molar-refractivity contribution >= 4 is 17.8 Å². The highest BCUT2D eigenvalue weighted by molar-refractivity contribution is 5.88. The monoisotopic (exact) mass is 432 g/mol. The molecular formula is C23H32N2O6. The minimum atomic E-state index is -1.02. The van der Waals surface area contributed by atoms with E-state index in [-0.39, 0.29) is 24.7 Å². The van der Waals surface area contributed by atoms with Crippen LogP contribution in [0.3, 0.4) is 0 Å².